The van der Waals surface area contributed by atoms with E-state index in [9.17, 15) is 9.59 Å². The second-order valence-corrected chi connectivity index (χ2v) is 8.01. The minimum atomic E-state index is -0.771. The molecule has 31 heavy (non-hydrogen) atoms. The number of hydrogen-bond acceptors (Lipinski definition) is 3. The molecule has 0 aromatic heterocycles. The molecular formula is C24H21BrN3O3+. The van der Waals surface area contributed by atoms with Gasteiger partial charge in [0, 0.05) is 21.2 Å². The van der Waals surface area contributed by atoms with Crippen LogP contribution in [0.25, 0.3) is 0 Å². The van der Waals surface area contributed by atoms with Crippen LogP contribution in [0, 0.1) is 0 Å². The van der Waals surface area contributed by atoms with Gasteiger partial charge in [-0.3, -0.25) is 9.59 Å². The summed E-state index contributed by atoms with van der Waals surface area (Å²) in [6, 6.07) is 22.9. The van der Waals surface area contributed by atoms with E-state index in [1.165, 1.54) is 0 Å². The van der Waals surface area contributed by atoms with Gasteiger partial charge in [0.1, 0.15) is 5.75 Å². The second-order valence-electron chi connectivity index (χ2n) is 7.10. The van der Waals surface area contributed by atoms with Crippen molar-refractivity contribution < 1.29 is 19.0 Å². The lowest BCUT2D eigenvalue weighted by atomic mass is 9.99. The zero-order valence-corrected chi connectivity index (χ0v) is 18.4. The van der Waals surface area contributed by atoms with Gasteiger partial charge in [0.25, 0.3) is 5.91 Å². The standard InChI is InChI=1S/C24H20BrN3O3/c1-31-20-13-9-17(10-14-20)22-21(26-23(29)18-5-3-2-4-6-18)24(30)27-28(22)15-16-7-11-19(25)12-8-16/h2-15,21-22H,1H3,(H-,26,27,29,30)/p+1/b28-15-/t21-,22-/m1/s1. The minimum Gasteiger partial charge on any atom is -0.497 e. The van der Waals surface area contributed by atoms with Gasteiger partial charge in [0.05, 0.1) is 7.11 Å². The maximum Gasteiger partial charge on any atom is 0.304 e. The number of benzene rings is 3. The average Bonchev–Trinajstić information content (AvgIpc) is 3.10. The van der Waals surface area contributed by atoms with E-state index in [1.807, 2.05) is 60.8 Å². The molecule has 0 saturated carbocycles. The fourth-order valence-electron chi connectivity index (χ4n) is 3.51. The quantitative estimate of drug-likeness (QED) is 0.551. The number of carbonyl (C=O) groups excluding carboxylic acids is 2. The molecule has 156 valence electrons. The Morgan fingerprint density at radius 2 is 1.71 bits per heavy atom. The smallest absolute Gasteiger partial charge is 0.304 e. The third kappa shape index (κ3) is 4.67. The van der Waals surface area contributed by atoms with Gasteiger partial charge in [-0.15, -0.1) is 10.1 Å². The number of hydrazone groups is 1. The number of methoxy groups -OCH3 is 1. The topological polar surface area (TPSA) is 70.4 Å². The molecule has 1 aliphatic heterocycles. The molecule has 1 fully saturated rings. The monoisotopic (exact) mass is 478 g/mol. The maximum absolute atomic E-state index is 12.9. The number of hydrazine groups is 1. The van der Waals surface area contributed by atoms with Gasteiger partial charge in [-0.25, -0.2) is 0 Å². The summed E-state index contributed by atoms with van der Waals surface area (Å²) in [5, 5.41) is 2.90. The number of halogens is 1. The lowest BCUT2D eigenvalue weighted by molar-refractivity contribution is -0.596. The van der Waals surface area contributed by atoms with E-state index < -0.39 is 12.1 Å². The van der Waals surface area contributed by atoms with Crippen molar-refractivity contribution in [3.8, 4) is 5.75 Å². The molecule has 7 heteroatoms. The summed E-state index contributed by atoms with van der Waals surface area (Å²) in [7, 11) is 1.60. The molecule has 1 heterocycles. The fraction of sp³-hybridized carbons (Fsp3) is 0.125. The first-order valence-electron chi connectivity index (χ1n) is 9.74. The van der Waals surface area contributed by atoms with Crippen LogP contribution in [0.1, 0.15) is 27.5 Å². The van der Waals surface area contributed by atoms with Crippen LogP contribution in [-0.4, -0.2) is 35.9 Å². The normalized spacial score (nSPS) is 19.2. The summed E-state index contributed by atoms with van der Waals surface area (Å²) >= 11 is 3.43. The van der Waals surface area contributed by atoms with Crippen molar-refractivity contribution in [1.29, 1.82) is 0 Å². The molecule has 2 N–H and O–H groups in total. The Labute approximate surface area is 188 Å². The lowest BCUT2D eigenvalue weighted by Crippen LogP contribution is -2.42. The lowest BCUT2D eigenvalue weighted by Gasteiger charge is -2.15. The molecule has 2 atom stereocenters. The highest BCUT2D eigenvalue weighted by atomic mass is 79.9. The van der Waals surface area contributed by atoms with E-state index in [0.717, 1.165) is 15.6 Å². The molecule has 6 nitrogen and oxygen atoms in total. The Balaban J connectivity index is 1.70. The summed E-state index contributed by atoms with van der Waals surface area (Å²) in [6.45, 7) is 0. The Kier molecular flexibility index (Phi) is 6.13. The van der Waals surface area contributed by atoms with Crippen LogP contribution in [0.5, 0.6) is 5.75 Å². The van der Waals surface area contributed by atoms with E-state index in [2.05, 4.69) is 26.7 Å². The predicted molar refractivity (Wildman–Crippen MR) is 121 cm³/mol. The van der Waals surface area contributed by atoms with Gasteiger partial charge < -0.3 is 10.1 Å². The van der Waals surface area contributed by atoms with Crippen molar-refractivity contribution >= 4 is 34.0 Å². The van der Waals surface area contributed by atoms with Gasteiger partial charge in [0.2, 0.25) is 12.3 Å². The molecule has 1 aliphatic rings. The Bertz CT molecular complexity index is 1110. The number of nitrogens with one attached hydrogen (secondary N) is 2. The summed E-state index contributed by atoms with van der Waals surface area (Å²) in [6.07, 6.45) is 1.86. The Morgan fingerprint density at radius 1 is 1.03 bits per heavy atom. The predicted octanol–water partition coefficient (Wildman–Crippen LogP) is 3.47. The van der Waals surface area contributed by atoms with Gasteiger partial charge in [-0.05, 0) is 60.7 Å². The number of amides is 2. The number of carbonyl (C=O) groups is 2. The molecule has 3 aromatic rings. The highest BCUT2D eigenvalue weighted by Crippen LogP contribution is 2.27. The van der Waals surface area contributed by atoms with Crippen LogP contribution in [0.3, 0.4) is 0 Å². The fourth-order valence-corrected chi connectivity index (χ4v) is 3.77. The van der Waals surface area contributed by atoms with Crippen molar-refractivity contribution in [3.05, 3.63) is 100 Å². The van der Waals surface area contributed by atoms with E-state index >= 15 is 0 Å². The Hall–Kier alpha value is -3.45. The van der Waals surface area contributed by atoms with Gasteiger partial charge in [0.15, 0.2) is 6.04 Å². The molecule has 4 rings (SSSR count). The first-order valence-corrected chi connectivity index (χ1v) is 10.5. The SMILES string of the molecule is COc1ccc([C@@H]2[C@@H](NC(=O)c3ccccc3)C(=O)N/[N+]2=C\c2ccc(Br)cc2)cc1. The molecule has 2 amide bonds. The van der Waals surface area contributed by atoms with Crippen LogP contribution in [0.2, 0.25) is 0 Å². The zero-order valence-electron chi connectivity index (χ0n) is 16.8. The highest BCUT2D eigenvalue weighted by Gasteiger charge is 2.47. The van der Waals surface area contributed by atoms with Crippen LogP contribution in [0.4, 0.5) is 0 Å². The highest BCUT2D eigenvalue weighted by molar-refractivity contribution is 9.10. The van der Waals surface area contributed by atoms with Crippen molar-refractivity contribution in [2.45, 2.75) is 12.1 Å². The van der Waals surface area contributed by atoms with Crippen molar-refractivity contribution in [2.75, 3.05) is 7.11 Å². The average molecular weight is 479 g/mol. The summed E-state index contributed by atoms with van der Waals surface area (Å²) in [5.41, 5.74) is 5.16. The molecule has 0 radical (unpaired) electrons. The molecule has 0 bridgehead atoms. The molecule has 0 unspecified atom stereocenters. The van der Waals surface area contributed by atoms with E-state index in [1.54, 1.807) is 36.1 Å². The third-order valence-corrected chi connectivity index (χ3v) is 5.60. The van der Waals surface area contributed by atoms with Gasteiger partial charge in [-0.2, -0.15) is 0 Å². The van der Waals surface area contributed by atoms with Crippen molar-refractivity contribution in [1.82, 2.24) is 10.7 Å². The summed E-state index contributed by atoms with van der Waals surface area (Å²) in [5.74, 6) is 0.137. The number of rotatable bonds is 5. The van der Waals surface area contributed by atoms with E-state index in [4.69, 9.17) is 4.74 Å². The second kappa shape index (κ2) is 9.14. The summed E-state index contributed by atoms with van der Waals surface area (Å²) < 4.78 is 7.96. The molecule has 1 saturated heterocycles. The summed E-state index contributed by atoms with van der Waals surface area (Å²) in [4.78, 5) is 25.7. The zero-order chi connectivity index (χ0) is 21.8. The van der Waals surface area contributed by atoms with Crippen molar-refractivity contribution in [3.63, 3.8) is 0 Å². The van der Waals surface area contributed by atoms with E-state index in [-0.39, 0.29) is 11.8 Å². The Morgan fingerprint density at radius 3 is 2.35 bits per heavy atom. The number of nitrogens with zero attached hydrogens (tertiary/aromatic N) is 1. The van der Waals surface area contributed by atoms with Gasteiger partial charge in [-0.1, -0.05) is 34.1 Å². The first kappa shape index (κ1) is 20.8. The maximum atomic E-state index is 12.9. The van der Waals surface area contributed by atoms with E-state index in [0.29, 0.717) is 11.3 Å². The molecular weight excluding hydrogens is 458 g/mol. The van der Waals surface area contributed by atoms with Crippen LogP contribution < -0.4 is 15.5 Å². The van der Waals surface area contributed by atoms with Crippen LogP contribution >= 0.6 is 15.9 Å². The van der Waals surface area contributed by atoms with Gasteiger partial charge >= 0.3 is 5.91 Å². The van der Waals surface area contributed by atoms with Crippen LogP contribution in [-0.2, 0) is 4.79 Å². The first-order chi connectivity index (χ1) is 15.0. The molecule has 3 aromatic carbocycles. The largest absolute Gasteiger partial charge is 0.497 e. The molecule has 0 aliphatic carbocycles. The third-order valence-electron chi connectivity index (χ3n) is 5.08. The molecule has 0 spiro atoms. The van der Waals surface area contributed by atoms with Crippen molar-refractivity contribution in [2.24, 2.45) is 0 Å². The number of ether oxygens (including phenoxy) is 1. The number of hydrogen-bond donors (Lipinski definition) is 2. The minimum absolute atomic E-state index is 0.279. The van der Waals surface area contributed by atoms with Crippen LogP contribution in [0.15, 0.2) is 83.3 Å².